The lowest BCUT2D eigenvalue weighted by atomic mass is 10.0. The molecular formula is C21H28N2O3S. The van der Waals surface area contributed by atoms with E-state index in [2.05, 4.69) is 5.32 Å². The van der Waals surface area contributed by atoms with Gasteiger partial charge in [0.05, 0.1) is 18.0 Å². The molecule has 0 aromatic heterocycles. The summed E-state index contributed by atoms with van der Waals surface area (Å²) in [7, 11) is -3.63. The van der Waals surface area contributed by atoms with Crippen LogP contribution >= 0.6 is 0 Å². The SMILES string of the molecule is CC[C@@H](NC(=O)[C@@H](C)N(c1cc(C)cc(C)c1)S(C)(=O)=O)c1ccccc1. The first-order chi connectivity index (χ1) is 12.6. The molecule has 0 aliphatic carbocycles. The van der Waals surface area contributed by atoms with Crippen molar-refractivity contribution in [2.24, 2.45) is 0 Å². The van der Waals surface area contributed by atoms with E-state index in [1.165, 1.54) is 4.31 Å². The summed E-state index contributed by atoms with van der Waals surface area (Å²) in [5.74, 6) is -0.324. The zero-order chi connectivity index (χ0) is 20.2. The third-order valence-corrected chi connectivity index (χ3v) is 5.72. The predicted octanol–water partition coefficient (Wildman–Crippen LogP) is 3.73. The molecule has 0 fully saturated rings. The molecule has 2 aromatic rings. The van der Waals surface area contributed by atoms with E-state index in [1.807, 2.05) is 57.2 Å². The number of anilines is 1. The number of hydrogen-bond donors (Lipinski definition) is 1. The van der Waals surface area contributed by atoms with Gasteiger partial charge in [0.1, 0.15) is 6.04 Å². The van der Waals surface area contributed by atoms with Gasteiger partial charge in [-0.1, -0.05) is 43.3 Å². The number of benzene rings is 2. The second-order valence-electron chi connectivity index (χ2n) is 6.96. The summed E-state index contributed by atoms with van der Waals surface area (Å²) < 4.78 is 26.1. The van der Waals surface area contributed by atoms with Crippen LogP contribution in [0, 0.1) is 13.8 Å². The number of carbonyl (C=O) groups is 1. The van der Waals surface area contributed by atoms with E-state index >= 15 is 0 Å². The van der Waals surface area contributed by atoms with Crippen LogP contribution in [-0.2, 0) is 14.8 Å². The van der Waals surface area contributed by atoms with Crippen molar-refractivity contribution in [2.45, 2.75) is 46.2 Å². The lowest BCUT2D eigenvalue weighted by molar-refractivity contribution is -0.122. The van der Waals surface area contributed by atoms with Crippen molar-refractivity contribution in [1.82, 2.24) is 5.32 Å². The van der Waals surface area contributed by atoms with Gasteiger partial charge in [-0.25, -0.2) is 8.42 Å². The Morgan fingerprint density at radius 1 is 1.07 bits per heavy atom. The highest BCUT2D eigenvalue weighted by atomic mass is 32.2. The van der Waals surface area contributed by atoms with Crippen molar-refractivity contribution in [3.8, 4) is 0 Å². The van der Waals surface area contributed by atoms with Crippen molar-refractivity contribution < 1.29 is 13.2 Å². The molecule has 0 spiro atoms. The van der Waals surface area contributed by atoms with E-state index in [9.17, 15) is 13.2 Å². The number of aryl methyl sites for hydroxylation is 2. The average Bonchev–Trinajstić information content (AvgIpc) is 2.58. The first-order valence-electron chi connectivity index (χ1n) is 9.06. The van der Waals surface area contributed by atoms with Crippen LogP contribution in [0.4, 0.5) is 5.69 Å². The van der Waals surface area contributed by atoms with Crippen LogP contribution in [0.2, 0.25) is 0 Å². The normalized spacial score (nSPS) is 13.7. The minimum atomic E-state index is -3.63. The molecule has 0 radical (unpaired) electrons. The van der Waals surface area contributed by atoms with Crippen LogP contribution in [0.5, 0.6) is 0 Å². The summed E-state index contributed by atoms with van der Waals surface area (Å²) in [4.78, 5) is 12.9. The van der Waals surface area contributed by atoms with E-state index in [4.69, 9.17) is 0 Å². The molecule has 1 amide bonds. The average molecular weight is 389 g/mol. The number of nitrogens with zero attached hydrogens (tertiary/aromatic N) is 1. The summed E-state index contributed by atoms with van der Waals surface area (Å²) in [5.41, 5.74) is 3.40. The third kappa shape index (κ3) is 5.32. The van der Waals surface area contributed by atoms with Gasteiger partial charge in [-0.15, -0.1) is 0 Å². The van der Waals surface area contributed by atoms with Gasteiger partial charge in [0.2, 0.25) is 15.9 Å². The van der Waals surface area contributed by atoms with E-state index in [0.29, 0.717) is 12.1 Å². The molecule has 0 aliphatic heterocycles. The summed E-state index contributed by atoms with van der Waals surface area (Å²) in [6, 6.07) is 14.2. The fourth-order valence-electron chi connectivity index (χ4n) is 3.29. The summed E-state index contributed by atoms with van der Waals surface area (Å²) >= 11 is 0. The molecule has 0 saturated heterocycles. The van der Waals surface area contributed by atoms with Crippen LogP contribution in [0.25, 0.3) is 0 Å². The largest absolute Gasteiger partial charge is 0.347 e. The van der Waals surface area contributed by atoms with Gasteiger partial charge in [0.25, 0.3) is 0 Å². The fraction of sp³-hybridized carbons (Fsp3) is 0.381. The Morgan fingerprint density at radius 3 is 2.11 bits per heavy atom. The lowest BCUT2D eigenvalue weighted by Crippen LogP contribution is -2.48. The van der Waals surface area contributed by atoms with Gasteiger partial charge in [0.15, 0.2) is 0 Å². The van der Waals surface area contributed by atoms with Crippen molar-refractivity contribution in [1.29, 1.82) is 0 Å². The maximum atomic E-state index is 12.9. The smallest absolute Gasteiger partial charge is 0.244 e. The molecule has 2 atom stereocenters. The van der Waals surface area contributed by atoms with Crippen LogP contribution in [-0.4, -0.2) is 26.6 Å². The van der Waals surface area contributed by atoms with Crippen LogP contribution in [0.15, 0.2) is 48.5 Å². The summed E-state index contributed by atoms with van der Waals surface area (Å²) in [6.07, 6.45) is 1.84. The monoisotopic (exact) mass is 388 g/mol. The van der Waals surface area contributed by atoms with Gasteiger partial charge in [-0.05, 0) is 56.0 Å². The number of rotatable bonds is 7. The first kappa shape index (κ1) is 21.0. The Bertz CT molecular complexity index is 875. The van der Waals surface area contributed by atoms with Gasteiger partial charge in [-0.2, -0.15) is 0 Å². The molecular weight excluding hydrogens is 360 g/mol. The third-order valence-electron chi connectivity index (χ3n) is 4.48. The quantitative estimate of drug-likeness (QED) is 0.786. The number of amides is 1. The Hall–Kier alpha value is -2.34. The van der Waals surface area contributed by atoms with E-state index in [1.54, 1.807) is 19.1 Å². The zero-order valence-electron chi connectivity index (χ0n) is 16.6. The maximum absolute atomic E-state index is 12.9. The van der Waals surface area contributed by atoms with Crippen LogP contribution in [0.3, 0.4) is 0 Å². The van der Waals surface area contributed by atoms with Gasteiger partial charge < -0.3 is 5.32 Å². The number of carbonyl (C=O) groups excluding carboxylic acids is 1. The number of nitrogens with one attached hydrogen (secondary N) is 1. The minimum Gasteiger partial charge on any atom is -0.347 e. The van der Waals surface area contributed by atoms with Crippen molar-refractivity contribution in [3.63, 3.8) is 0 Å². The number of hydrogen-bond acceptors (Lipinski definition) is 3. The molecule has 5 nitrogen and oxygen atoms in total. The predicted molar refractivity (Wildman–Crippen MR) is 110 cm³/mol. The molecule has 0 unspecified atom stereocenters. The molecule has 2 aromatic carbocycles. The molecule has 6 heteroatoms. The van der Waals surface area contributed by atoms with E-state index < -0.39 is 16.1 Å². The maximum Gasteiger partial charge on any atom is 0.244 e. The second kappa shape index (κ2) is 8.57. The Morgan fingerprint density at radius 2 is 1.63 bits per heavy atom. The summed E-state index contributed by atoms with van der Waals surface area (Å²) in [5, 5.41) is 2.99. The topological polar surface area (TPSA) is 66.5 Å². The van der Waals surface area contributed by atoms with E-state index in [0.717, 1.165) is 22.9 Å². The molecule has 27 heavy (non-hydrogen) atoms. The Kier molecular flexibility index (Phi) is 6.65. The molecule has 1 N–H and O–H groups in total. The second-order valence-corrected chi connectivity index (χ2v) is 8.82. The van der Waals surface area contributed by atoms with Gasteiger partial charge in [0, 0.05) is 0 Å². The van der Waals surface area contributed by atoms with Crippen LogP contribution in [0.1, 0.15) is 43.0 Å². The van der Waals surface area contributed by atoms with Crippen molar-refractivity contribution in [2.75, 3.05) is 10.6 Å². The molecule has 0 bridgehead atoms. The minimum absolute atomic E-state index is 0.165. The molecule has 0 aliphatic rings. The summed E-state index contributed by atoms with van der Waals surface area (Å²) in [6.45, 7) is 7.42. The molecule has 0 saturated carbocycles. The highest BCUT2D eigenvalue weighted by Gasteiger charge is 2.30. The van der Waals surface area contributed by atoms with Crippen molar-refractivity contribution in [3.05, 3.63) is 65.2 Å². The Labute approximate surface area is 162 Å². The lowest BCUT2D eigenvalue weighted by Gasteiger charge is -2.30. The molecule has 146 valence electrons. The van der Waals surface area contributed by atoms with Gasteiger partial charge in [-0.3, -0.25) is 9.10 Å². The molecule has 2 rings (SSSR count). The standard InChI is InChI=1S/C21H28N2O3S/c1-6-20(18-10-8-7-9-11-18)22-21(24)17(4)23(27(5,25)26)19-13-15(2)12-16(3)14-19/h7-14,17,20H,6H2,1-5H3,(H,22,24)/t17-,20-/m1/s1. The molecule has 0 heterocycles. The highest BCUT2D eigenvalue weighted by Crippen LogP contribution is 2.25. The van der Waals surface area contributed by atoms with E-state index in [-0.39, 0.29) is 11.9 Å². The fourth-order valence-corrected chi connectivity index (χ4v) is 4.44. The van der Waals surface area contributed by atoms with Crippen LogP contribution < -0.4 is 9.62 Å². The number of sulfonamides is 1. The van der Waals surface area contributed by atoms with Gasteiger partial charge >= 0.3 is 0 Å². The first-order valence-corrected chi connectivity index (χ1v) is 10.9. The van der Waals surface area contributed by atoms with Crippen molar-refractivity contribution >= 4 is 21.6 Å². The zero-order valence-corrected chi connectivity index (χ0v) is 17.4. The highest BCUT2D eigenvalue weighted by molar-refractivity contribution is 7.92. The Balaban J connectivity index is 2.32.